The number of nitriles is 1. The van der Waals surface area contributed by atoms with Crippen LogP contribution in [0.1, 0.15) is 98.3 Å². The van der Waals surface area contributed by atoms with Crippen molar-refractivity contribution in [3.63, 3.8) is 0 Å². The molecule has 0 heterocycles. The van der Waals surface area contributed by atoms with Crippen LogP contribution in [0.3, 0.4) is 0 Å². The molecule has 0 amide bonds. The molecule has 2 N–H and O–H groups in total. The number of rotatable bonds is 9. The van der Waals surface area contributed by atoms with Gasteiger partial charge in [0.05, 0.1) is 36.9 Å². The minimum absolute atomic E-state index is 0.0456. The van der Waals surface area contributed by atoms with Crippen molar-refractivity contribution in [3.8, 4) is 6.07 Å². The molecule has 3 fully saturated rings. The molecule has 4 heteroatoms. The van der Waals surface area contributed by atoms with Crippen LogP contribution in [0.25, 0.3) is 0 Å². The quantitative estimate of drug-likeness (QED) is 0.371. The fourth-order valence-electron chi connectivity index (χ4n) is 7.12. The molecule has 0 saturated heterocycles. The third-order valence-electron chi connectivity index (χ3n) is 8.99. The van der Waals surface area contributed by atoms with E-state index in [1.54, 1.807) is 5.57 Å². The molecule has 190 valence electrons. The van der Waals surface area contributed by atoms with Crippen LogP contribution in [-0.4, -0.2) is 34.6 Å². The summed E-state index contributed by atoms with van der Waals surface area (Å²) in [7, 11) is 0. The average Bonchev–Trinajstić information content (AvgIpc) is 3.12. The van der Waals surface area contributed by atoms with E-state index in [2.05, 4.69) is 38.6 Å². The Balaban J connectivity index is 1.68. The zero-order chi connectivity index (χ0) is 24.9. The number of aliphatic hydroxyl groups is 2. The zero-order valence-electron chi connectivity index (χ0n) is 22.0. The van der Waals surface area contributed by atoms with Gasteiger partial charge in [0.2, 0.25) is 0 Å². The van der Waals surface area contributed by atoms with Crippen molar-refractivity contribution in [2.45, 2.75) is 116 Å². The molecule has 0 unspecified atom stereocenters. The van der Waals surface area contributed by atoms with Crippen LogP contribution in [-0.2, 0) is 4.74 Å². The normalized spacial score (nSPS) is 35.4. The van der Waals surface area contributed by atoms with Gasteiger partial charge < -0.3 is 14.9 Å². The van der Waals surface area contributed by atoms with Gasteiger partial charge in [0, 0.05) is 6.42 Å². The van der Waals surface area contributed by atoms with Crippen LogP contribution in [0, 0.1) is 34.5 Å². The van der Waals surface area contributed by atoms with Crippen molar-refractivity contribution in [2.75, 3.05) is 6.61 Å². The van der Waals surface area contributed by atoms with Gasteiger partial charge in [-0.2, -0.15) is 5.26 Å². The highest BCUT2D eigenvalue weighted by Crippen LogP contribution is 2.60. The maximum absolute atomic E-state index is 10.5. The Kier molecular flexibility index (Phi) is 9.23. The molecular formula is C30H47NO3. The van der Waals surface area contributed by atoms with Crippen molar-refractivity contribution in [1.82, 2.24) is 0 Å². The number of fused-ring (bicyclic) bond motifs is 1. The summed E-state index contributed by atoms with van der Waals surface area (Å²) in [6, 6.07) is 2.12. The van der Waals surface area contributed by atoms with E-state index in [9.17, 15) is 10.2 Å². The molecule has 0 spiro atoms. The van der Waals surface area contributed by atoms with E-state index in [0.29, 0.717) is 36.7 Å². The minimum Gasteiger partial charge on any atom is -0.390 e. The molecule has 4 nitrogen and oxygen atoms in total. The SMILES string of the molecule is C=C1/C(=C/C=C2\CCC[C@]3(C)[C@@H]([C@H](C)CCCC(C)(C)O)CC[C@@H]23)C[C@@H](OCCC#N)C[C@@H]1O. The van der Waals surface area contributed by atoms with E-state index in [1.807, 2.05) is 13.8 Å². The Hall–Kier alpha value is -1.41. The van der Waals surface area contributed by atoms with Gasteiger partial charge in [-0.3, -0.25) is 0 Å². The van der Waals surface area contributed by atoms with Crippen molar-refractivity contribution < 1.29 is 14.9 Å². The molecule has 3 rings (SSSR count). The highest BCUT2D eigenvalue weighted by atomic mass is 16.5. The third-order valence-corrected chi connectivity index (χ3v) is 8.99. The van der Waals surface area contributed by atoms with Crippen molar-refractivity contribution >= 4 is 0 Å². The number of nitrogens with zero attached hydrogens (tertiary/aromatic N) is 1. The first kappa shape index (κ1) is 27.2. The molecule has 3 aliphatic rings. The van der Waals surface area contributed by atoms with Crippen LogP contribution >= 0.6 is 0 Å². The third kappa shape index (κ3) is 6.62. The van der Waals surface area contributed by atoms with E-state index in [0.717, 1.165) is 36.3 Å². The van der Waals surface area contributed by atoms with Gasteiger partial charge in [-0.1, -0.05) is 51.0 Å². The Labute approximate surface area is 207 Å². The second kappa shape index (κ2) is 11.5. The second-order valence-corrected chi connectivity index (χ2v) is 12.1. The first-order valence-corrected chi connectivity index (χ1v) is 13.5. The van der Waals surface area contributed by atoms with E-state index in [1.165, 1.54) is 38.5 Å². The second-order valence-electron chi connectivity index (χ2n) is 12.1. The Morgan fingerprint density at radius 1 is 1.32 bits per heavy atom. The lowest BCUT2D eigenvalue weighted by atomic mass is 9.60. The topological polar surface area (TPSA) is 73.5 Å². The smallest absolute Gasteiger partial charge is 0.0811 e. The predicted molar refractivity (Wildman–Crippen MR) is 138 cm³/mol. The van der Waals surface area contributed by atoms with Crippen molar-refractivity contribution in [1.29, 1.82) is 5.26 Å². The summed E-state index contributed by atoms with van der Waals surface area (Å²) < 4.78 is 5.84. The fourth-order valence-corrected chi connectivity index (χ4v) is 7.12. The van der Waals surface area contributed by atoms with Crippen LogP contribution in [0.15, 0.2) is 35.5 Å². The number of ether oxygens (including phenoxy) is 1. The van der Waals surface area contributed by atoms with Gasteiger partial charge in [0.15, 0.2) is 0 Å². The average molecular weight is 470 g/mol. The van der Waals surface area contributed by atoms with E-state index < -0.39 is 11.7 Å². The summed E-state index contributed by atoms with van der Waals surface area (Å²) in [4.78, 5) is 0. The summed E-state index contributed by atoms with van der Waals surface area (Å²) in [6.07, 6.45) is 15.1. The molecule has 0 radical (unpaired) electrons. The Morgan fingerprint density at radius 2 is 2.09 bits per heavy atom. The summed E-state index contributed by atoms with van der Waals surface area (Å²) in [5.41, 5.74) is 3.28. The molecular weight excluding hydrogens is 422 g/mol. The lowest BCUT2D eigenvalue weighted by Gasteiger charge is -2.44. The minimum atomic E-state index is -0.567. The van der Waals surface area contributed by atoms with Crippen LogP contribution in [0.4, 0.5) is 0 Å². The fraction of sp³-hybridized carbons (Fsp3) is 0.767. The first-order valence-electron chi connectivity index (χ1n) is 13.5. The molecule has 3 aliphatic carbocycles. The molecule has 0 aromatic rings. The molecule has 3 saturated carbocycles. The molecule has 34 heavy (non-hydrogen) atoms. The predicted octanol–water partition coefficient (Wildman–Crippen LogP) is 6.64. The monoisotopic (exact) mass is 469 g/mol. The Morgan fingerprint density at radius 3 is 2.79 bits per heavy atom. The molecule has 6 atom stereocenters. The van der Waals surface area contributed by atoms with Gasteiger partial charge in [-0.05, 0) is 93.1 Å². The maximum Gasteiger partial charge on any atom is 0.0811 e. The highest BCUT2D eigenvalue weighted by Gasteiger charge is 2.50. The highest BCUT2D eigenvalue weighted by molar-refractivity contribution is 5.38. The van der Waals surface area contributed by atoms with E-state index in [4.69, 9.17) is 10.00 Å². The largest absolute Gasteiger partial charge is 0.390 e. The number of hydrogen-bond donors (Lipinski definition) is 2. The lowest BCUT2D eigenvalue weighted by Crippen LogP contribution is -2.36. The molecule has 0 aromatic heterocycles. The summed E-state index contributed by atoms with van der Waals surface area (Å²) in [5.74, 6) is 2.08. The van der Waals surface area contributed by atoms with Crippen molar-refractivity contribution in [2.24, 2.45) is 23.2 Å². The number of aliphatic hydroxyl groups excluding tert-OH is 1. The van der Waals surface area contributed by atoms with E-state index >= 15 is 0 Å². The van der Waals surface area contributed by atoms with E-state index in [-0.39, 0.29) is 6.10 Å². The van der Waals surface area contributed by atoms with Crippen molar-refractivity contribution in [3.05, 3.63) is 35.5 Å². The molecule has 0 aromatic carbocycles. The summed E-state index contributed by atoms with van der Waals surface area (Å²) in [5, 5.41) is 29.4. The van der Waals surface area contributed by atoms with Gasteiger partial charge in [0.25, 0.3) is 0 Å². The van der Waals surface area contributed by atoms with Crippen LogP contribution in [0.5, 0.6) is 0 Å². The standard InChI is InChI=1S/C30H47NO3/c1-21(9-6-15-29(3,4)33)26-13-14-27-23(10-7-16-30(26,27)5)11-12-24-19-25(34-18-8-17-31)20-28(32)22(24)2/h11-12,21,25-28,32-33H,2,6-10,13-16,18-20H2,1,3-5H3/b23-11+,24-12+/t21-,25-,26-,27+,28+,30-/m1/s1. The van der Waals surface area contributed by atoms with Gasteiger partial charge in [0.1, 0.15) is 0 Å². The van der Waals surface area contributed by atoms with Crippen LogP contribution < -0.4 is 0 Å². The maximum atomic E-state index is 10.5. The molecule has 0 bridgehead atoms. The Bertz CT molecular complexity index is 814. The van der Waals surface area contributed by atoms with Gasteiger partial charge in [-0.15, -0.1) is 0 Å². The number of hydrogen-bond acceptors (Lipinski definition) is 4. The van der Waals surface area contributed by atoms with Crippen LogP contribution in [0.2, 0.25) is 0 Å². The number of allylic oxidation sites excluding steroid dienone is 3. The summed E-state index contributed by atoms with van der Waals surface area (Å²) in [6.45, 7) is 13.4. The zero-order valence-corrected chi connectivity index (χ0v) is 22.0. The first-order chi connectivity index (χ1) is 16.0. The van der Waals surface area contributed by atoms with Gasteiger partial charge >= 0.3 is 0 Å². The molecule has 0 aliphatic heterocycles. The lowest BCUT2D eigenvalue weighted by molar-refractivity contribution is 0.0165. The van der Waals surface area contributed by atoms with Gasteiger partial charge in [-0.25, -0.2) is 0 Å². The summed E-state index contributed by atoms with van der Waals surface area (Å²) >= 11 is 0.